The molecule has 0 amide bonds. The van der Waals surface area contributed by atoms with Crippen LogP contribution >= 0.6 is 0 Å². The molecule has 0 bridgehead atoms. The van der Waals surface area contributed by atoms with E-state index < -0.39 is 104 Å². The second-order valence-electron chi connectivity index (χ2n) is 10.4. The molecule has 0 radical (unpaired) electrons. The van der Waals surface area contributed by atoms with Crippen LogP contribution in [0.5, 0.6) is 0 Å². The highest BCUT2D eigenvalue weighted by atomic mass is 16.8. The molecule has 0 unspecified atom stereocenters. The van der Waals surface area contributed by atoms with E-state index in [4.69, 9.17) is 42.6 Å². The second kappa shape index (κ2) is 16.1. The zero-order valence-corrected chi connectivity index (χ0v) is 25.4. The molecule has 16 nitrogen and oxygen atoms in total. The molecule has 2 N–H and O–H groups in total. The predicted octanol–water partition coefficient (Wildman–Crippen LogP) is -0.317. The minimum absolute atomic E-state index is 0.106. The zero-order valence-electron chi connectivity index (χ0n) is 25.4. The normalized spacial score (nSPS) is 31.0. The fourth-order valence-electron chi connectivity index (χ4n) is 4.86. The summed E-state index contributed by atoms with van der Waals surface area (Å²) in [6.07, 6.45) is -12.4. The van der Waals surface area contributed by atoms with Crippen molar-refractivity contribution in [1.82, 2.24) is 0 Å². The van der Waals surface area contributed by atoms with E-state index in [2.05, 4.69) is 0 Å². The molecule has 1 aromatic carbocycles. The summed E-state index contributed by atoms with van der Waals surface area (Å²) < 4.78 is 50.1. The van der Waals surface area contributed by atoms with Crippen molar-refractivity contribution in [2.24, 2.45) is 0 Å². The largest absolute Gasteiger partial charge is 0.463 e. The summed E-state index contributed by atoms with van der Waals surface area (Å²) in [5.41, 5.74) is 0.674. The van der Waals surface area contributed by atoms with Gasteiger partial charge in [-0.3, -0.25) is 24.0 Å². The number of rotatable bonds is 13. The number of carbonyl (C=O) groups is 5. The van der Waals surface area contributed by atoms with Crippen molar-refractivity contribution in [1.29, 1.82) is 0 Å². The van der Waals surface area contributed by atoms with Gasteiger partial charge in [0.1, 0.15) is 44.2 Å². The highest BCUT2D eigenvalue weighted by Crippen LogP contribution is 2.41. The number of carbonyl (C=O) groups excluding carboxylic acids is 5. The van der Waals surface area contributed by atoms with Crippen molar-refractivity contribution < 1.29 is 76.8 Å². The topological polar surface area (TPSA) is 209 Å². The summed E-state index contributed by atoms with van der Waals surface area (Å²) >= 11 is 0. The van der Waals surface area contributed by atoms with Gasteiger partial charge in [0.15, 0.2) is 24.6 Å². The van der Waals surface area contributed by atoms with Crippen LogP contribution in [-0.2, 0) is 73.2 Å². The third kappa shape index (κ3) is 9.91. The lowest BCUT2D eigenvalue weighted by Gasteiger charge is -2.45. The summed E-state index contributed by atoms with van der Waals surface area (Å²) in [7, 11) is 0. The maximum atomic E-state index is 12.2. The Kier molecular flexibility index (Phi) is 12.8. The minimum atomic E-state index is -2.25. The van der Waals surface area contributed by atoms with Crippen molar-refractivity contribution in [3.8, 4) is 0 Å². The van der Waals surface area contributed by atoms with E-state index >= 15 is 0 Å². The van der Waals surface area contributed by atoms with Crippen LogP contribution in [0, 0.1) is 0 Å². The highest BCUT2D eigenvalue weighted by molar-refractivity contribution is 5.67. The first-order valence-corrected chi connectivity index (χ1v) is 14.0. The van der Waals surface area contributed by atoms with Crippen LogP contribution < -0.4 is 0 Å². The standard InChI is InChI=1S/C29H38O16/c1-15(30)37-12-21-24(41-18(4)33)23(35)26(28(36)43-21)45-29(14-40-17(3)32)27(39-11-20-9-7-6-8-10-20)25(42-19(5)34)22(44-29)13-38-16(2)31/h6-10,21-28,35-36H,11-14H2,1-5H3/t21-,22-,23+,24+,25-,26-,27+,28-,29+/m1/s1. The first-order chi connectivity index (χ1) is 21.2. The fourth-order valence-corrected chi connectivity index (χ4v) is 4.86. The average Bonchev–Trinajstić information content (AvgIpc) is 3.24. The molecular weight excluding hydrogens is 604 g/mol. The van der Waals surface area contributed by atoms with Crippen LogP contribution in [0.15, 0.2) is 30.3 Å². The van der Waals surface area contributed by atoms with Crippen molar-refractivity contribution in [2.75, 3.05) is 19.8 Å². The number of aliphatic hydroxyl groups excluding tert-OH is 2. The van der Waals surface area contributed by atoms with E-state index in [0.29, 0.717) is 5.56 Å². The molecule has 250 valence electrons. The van der Waals surface area contributed by atoms with Gasteiger partial charge in [0, 0.05) is 34.6 Å². The summed E-state index contributed by atoms with van der Waals surface area (Å²) in [5.74, 6) is -6.01. The van der Waals surface area contributed by atoms with Gasteiger partial charge in [-0.15, -0.1) is 0 Å². The molecule has 2 aliphatic rings. The lowest BCUT2D eigenvalue weighted by atomic mass is 9.97. The Morgan fingerprint density at radius 1 is 0.733 bits per heavy atom. The van der Waals surface area contributed by atoms with Crippen LogP contribution in [-0.4, -0.2) is 115 Å². The Balaban J connectivity index is 2.05. The fraction of sp³-hybridized carbons (Fsp3) is 0.621. The van der Waals surface area contributed by atoms with Crippen LogP contribution in [0.25, 0.3) is 0 Å². The maximum Gasteiger partial charge on any atom is 0.303 e. The van der Waals surface area contributed by atoms with Crippen LogP contribution in [0.2, 0.25) is 0 Å². The number of hydrogen-bond acceptors (Lipinski definition) is 16. The molecule has 2 fully saturated rings. The molecule has 16 heteroatoms. The molecular formula is C29H38O16. The molecule has 0 aliphatic carbocycles. The van der Waals surface area contributed by atoms with Crippen molar-refractivity contribution in [2.45, 2.75) is 96.0 Å². The van der Waals surface area contributed by atoms with Crippen molar-refractivity contribution in [3.63, 3.8) is 0 Å². The number of esters is 5. The van der Waals surface area contributed by atoms with Crippen molar-refractivity contribution in [3.05, 3.63) is 35.9 Å². The van der Waals surface area contributed by atoms with Gasteiger partial charge in [-0.1, -0.05) is 30.3 Å². The molecule has 0 spiro atoms. The molecule has 1 aromatic rings. The van der Waals surface area contributed by atoms with Gasteiger partial charge < -0.3 is 52.8 Å². The smallest absolute Gasteiger partial charge is 0.303 e. The Labute approximate surface area is 258 Å². The van der Waals surface area contributed by atoms with Gasteiger partial charge in [-0.25, -0.2) is 0 Å². The third-order valence-corrected chi connectivity index (χ3v) is 6.67. The maximum absolute atomic E-state index is 12.2. The van der Waals surface area contributed by atoms with Gasteiger partial charge in [0.25, 0.3) is 0 Å². The van der Waals surface area contributed by atoms with E-state index in [1.54, 1.807) is 30.3 Å². The first-order valence-electron chi connectivity index (χ1n) is 14.0. The van der Waals surface area contributed by atoms with Gasteiger partial charge in [-0.05, 0) is 5.56 Å². The quantitative estimate of drug-likeness (QED) is 0.209. The Morgan fingerprint density at radius 3 is 1.84 bits per heavy atom. The summed E-state index contributed by atoms with van der Waals surface area (Å²) in [5, 5.41) is 22.3. The third-order valence-electron chi connectivity index (χ3n) is 6.67. The Hall–Kier alpha value is -3.67. The van der Waals surface area contributed by atoms with Gasteiger partial charge in [0.2, 0.25) is 5.79 Å². The number of aliphatic hydroxyl groups is 2. The van der Waals surface area contributed by atoms with Gasteiger partial charge >= 0.3 is 29.8 Å². The summed E-state index contributed by atoms with van der Waals surface area (Å²) in [4.78, 5) is 59.2. The molecule has 2 heterocycles. The van der Waals surface area contributed by atoms with Crippen LogP contribution in [0.1, 0.15) is 40.2 Å². The van der Waals surface area contributed by atoms with Gasteiger partial charge in [-0.2, -0.15) is 0 Å². The molecule has 2 aliphatic heterocycles. The SMILES string of the molecule is CC(=O)OC[C@H]1O[C@@H](O)[C@H](O[C@]2(COC(C)=O)O[C@H](COC(C)=O)[C@@H](OC(C)=O)[C@@H]2OCc2ccccc2)[C@@H](O)[C@H]1OC(C)=O. The average molecular weight is 643 g/mol. The molecule has 2 saturated heterocycles. The van der Waals surface area contributed by atoms with Crippen molar-refractivity contribution >= 4 is 29.8 Å². The van der Waals surface area contributed by atoms with E-state index in [9.17, 15) is 34.2 Å². The van der Waals surface area contributed by atoms with E-state index in [1.165, 1.54) is 0 Å². The molecule has 9 atom stereocenters. The van der Waals surface area contributed by atoms with E-state index in [0.717, 1.165) is 34.6 Å². The Morgan fingerprint density at radius 2 is 1.29 bits per heavy atom. The van der Waals surface area contributed by atoms with Gasteiger partial charge in [0.05, 0.1) is 6.61 Å². The Bertz CT molecular complexity index is 1190. The van der Waals surface area contributed by atoms with Crippen LogP contribution in [0.3, 0.4) is 0 Å². The number of hydrogen-bond donors (Lipinski definition) is 2. The lowest BCUT2D eigenvalue weighted by Crippen LogP contribution is -2.64. The lowest BCUT2D eigenvalue weighted by molar-refractivity contribution is -0.369. The minimum Gasteiger partial charge on any atom is -0.463 e. The first kappa shape index (κ1) is 35.8. The highest BCUT2D eigenvalue weighted by Gasteiger charge is 2.63. The number of ether oxygens (including phenoxy) is 9. The molecule has 0 saturated carbocycles. The van der Waals surface area contributed by atoms with Crippen LogP contribution in [0.4, 0.5) is 0 Å². The zero-order chi connectivity index (χ0) is 33.3. The second-order valence-corrected chi connectivity index (χ2v) is 10.4. The summed E-state index contributed by atoms with van der Waals surface area (Å²) in [6, 6.07) is 8.79. The van der Waals surface area contributed by atoms with E-state index in [-0.39, 0.29) is 6.61 Å². The predicted molar refractivity (Wildman–Crippen MR) is 145 cm³/mol. The molecule has 3 rings (SSSR count). The molecule has 45 heavy (non-hydrogen) atoms. The summed E-state index contributed by atoms with van der Waals surface area (Å²) in [6.45, 7) is 3.77. The number of benzene rings is 1. The molecule has 0 aromatic heterocycles. The van der Waals surface area contributed by atoms with E-state index in [1.807, 2.05) is 0 Å². The monoisotopic (exact) mass is 642 g/mol.